The summed E-state index contributed by atoms with van der Waals surface area (Å²) in [5.41, 5.74) is 2.13. The molecule has 0 radical (unpaired) electrons. The third kappa shape index (κ3) is 6.72. The minimum absolute atomic E-state index is 0.109. The summed E-state index contributed by atoms with van der Waals surface area (Å²) in [6.45, 7) is 3.29. The van der Waals surface area contributed by atoms with E-state index in [1.807, 2.05) is 0 Å². The Balaban J connectivity index is 1.25. The smallest absolute Gasteiger partial charge is 0.416 e. The predicted molar refractivity (Wildman–Crippen MR) is 141 cm³/mol. The first-order valence-electron chi connectivity index (χ1n) is 13.1. The molecule has 0 bridgehead atoms. The van der Waals surface area contributed by atoms with E-state index in [9.17, 15) is 23.1 Å². The van der Waals surface area contributed by atoms with Gasteiger partial charge in [0, 0.05) is 6.54 Å². The molecule has 2 aliphatic heterocycles. The van der Waals surface area contributed by atoms with Crippen LogP contribution in [0.2, 0.25) is 0 Å². The van der Waals surface area contributed by atoms with Crippen molar-refractivity contribution in [2.75, 3.05) is 32.8 Å². The Bertz CT molecular complexity index is 1270. The number of alkyl halides is 3. The van der Waals surface area contributed by atoms with E-state index in [1.54, 1.807) is 42.5 Å². The Kier molecular flexibility index (Phi) is 8.09. The molecular weight excluding hydrogens is 509 g/mol. The number of hydrogen-bond acceptors (Lipinski definition) is 5. The number of aliphatic hydroxyl groups excluding tert-OH is 1. The van der Waals surface area contributed by atoms with Crippen molar-refractivity contribution >= 4 is 5.91 Å². The lowest BCUT2D eigenvalue weighted by molar-refractivity contribution is -0.137. The molecule has 6 nitrogen and oxygen atoms in total. The molecule has 39 heavy (non-hydrogen) atoms. The first kappa shape index (κ1) is 27.0. The van der Waals surface area contributed by atoms with Crippen LogP contribution in [0.25, 0.3) is 11.1 Å². The van der Waals surface area contributed by atoms with Crippen LogP contribution < -0.4 is 14.8 Å². The van der Waals surface area contributed by atoms with E-state index in [0.717, 1.165) is 49.2 Å². The number of aliphatic hydroxyl groups is 1. The van der Waals surface area contributed by atoms with Gasteiger partial charge in [-0.15, -0.1) is 0 Å². The van der Waals surface area contributed by atoms with Gasteiger partial charge in [-0.05, 0) is 72.5 Å². The van der Waals surface area contributed by atoms with Crippen molar-refractivity contribution in [1.82, 2.24) is 10.2 Å². The van der Waals surface area contributed by atoms with Gasteiger partial charge in [-0.1, -0.05) is 42.5 Å². The molecule has 0 aliphatic carbocycles. The summed E-state index contributed by atoms with van der Waals surface area (Å²) >= 11 is 0. The fraction of sp³-hybridized carbons (Fsp3) is 0.367. The number of carbonyl (C=O) groups excluding carboxylic acids is 1. The van der Waals surface area contributed by atoms with Crippen LogP contribution in [0.3, 0.4) is 0 Å². The molecule has 0 saturated carbocycles. The van der Waals surface area contributed by atoms with E-state index < -0.39 is 23.9 Å². The van der Waals surface area contributed by atoms with Crippen LogP contribution >= 0.6 is 0 Å². The van der Waals surface area contributed by atoms with Crippen molar-refractivity contribution in [3.8, 4) is 22.6 Å². The van der Waals surface area contributed by atoms with Gasteiger partial charge in [-0.3, -0.25) is 4.79 Å². The number of rotatable bonds is 8. The Labute approximate surface area is 225 Å². The van der Waals surface area contributed by atoms with E-state index in [0.29, 0.717) is 42.4 Å². The third-order valence-electron chi connectivity index (χ3n) is 7.15. The number of benzene rings is 3. The summed E-state index contributed by atoms with van der Waals surface area (Å²) in [7, 11) is 0. The predicted octanol–water partition coefficient (Wildman–Crippen LogP) is 5.00. The van der Waals surface area contributed by atoms with Gasteiger partial charge in [0.2, 0.25) is 5.91 Å². The summed E-state index contributed by atoms with van der Waals surface area (Å²) in [5, 5.41) is 14.3. The van der Waals surface area contributed by atoms with Crippen LogP contribution in [0.4, 0.5) is 13.2 Å². The highest BCUT2D eigenvalue weighted by atomic mass is 19.4. The minimum atomic E-state index is -4.38. The lowest BCUT2D eigenvalue weighted by atomic mass is 9.99. The zero-order chi connectivity index (χ0) is 27.4. The Morgan fingerprint density at radius 1 is 0.897 bits per heavy atom. The molecule has 2 atom stereocenters. The first-order chi connectivity index (χ1) is 18.8. The number of carbonyl (C=O) groups is 1. The maximum absolute atomic E-state index is 13.1. The summed E-state index contributed by atoms with van der Waals surface area (Å²) < 4.78 is 49.8. The summed E-state index contributed by atoms with van der Waals surface area (Å²) in [6.07, 6.45) is -3.03. The van der Waals surface area contributed by atoms with Gasteiger partial charge in [0.05, 0.1) is 18.0 Å². The molecule has 1 amide bonds. The minimum Gasteiger partial charge on any atom is -0.486 e. The van der Waals surface area contributed by atoms with Gasteiger partial charge in [0.15, 0.2) is 11.5 Å². The van der Waals surface area contributed by atoms with Crippen LogP contribution in [-0.2, 0) is 17.4 Å². The van der Waals surface area contributed by atoms with Gasteiger partial charge < -0.3 is 24.8 Å². The monoisotopic (exact) mass is 540 g/mol. The summed E-state index contributed by atoms with van der Waals surface area (Å²) in [6, 6.07) is 17.0. The van der Waals surface area contributed by atoms with Crippen LogP contribution in [0.1, 0.15) is 35.6 Å². The molecule has 1 saturated heterocycles. The quantitative estimate of drug-likeness (QED) is 0.421. The highest BCUT2D eigenvalue weighted by Crippen LogP contribution is 2.34. The number of nitrogens with one attached hydrogen (secondary N) is 1. The molecule has 1 fully saturated rings. The number of ether oxygens (including phenoxy) is 2. The molecule has 0 aromatic heterocycles. The van der Waals surface area contributed by atoms with Crippen LogP contribution in [0, 0.1) is 0 Å². The van der Waals surface area contributed by atoms with Gasteiger partial charge in [0.1, 0.15) is 19.3 Å². The van der Waals surface area contributed by atoms with Crippen molar-refractivity contribution in [2.45, 2.75) is 37.6 Å². The first-order valence-corrected chi connectivity index (χ1v) is 13.1. The van der Waals surface area contributed by atoms with Gasteiger partial charge in [-0.2, -0.15) is 13.2 Å². The normalized spacial score (nSPS) is 17.0. The fourth-order valence-electron chi connectivity index (χ4n) is 5.05. The van der Waals surface area contributed by atoms with E-state index in [2.05, 4.69) is 10.2 Å². The molecule has 2 aliphatic rings. The SMILES string of the molecule is O=C(Cc1ccc(-c2ccc(C(F)(F)F)cc2)cc1)NC(CN1CCCC1)C(O)c1ccc2c(c1)OCCO2. The topological polar surface area (TPSA) is 71.0 Å². The average Bonchev–Trinajstić information content (AvgIpc) is 3.45. The number of nitrogens with zero attached hydrogens (tertiary/aromatic N) is 1. The van der Waals surface area contributed by atoms with Crippen molar-refractivity contribution < 1.29 is 32.5 Å². The molecule has 2 heterocycles. The number of fused-ring (bicyclic) bond motifs is 1. The lowest BCUT2D eigenvalue weighted by Crippen LogP contribution is -2.47. The lowest BCUT2D eigenvalue weighted by Gasteiger charge is -2.29. The molecule has 2 unspecified atom stereocenters. The molecule has 0 spiro atoms. The fourth-order valence-corrected chi connectivity index (χ4v) is 5.05. The molecule has 5 rings (SSSR count). The number of amides is 1. The number of likely N-dealkylation sites (tertiary alicyclic amines) is 1. The second-order valence-corrected chi connectivity index (χ2v) is 9.98. The van der Waals surface area contributed by atoms with Crippen LogP contribution in [0.5, 0.6) is 11.5 Å². The van der Waals surface area contributed by atoms with E-state index in [1.165, 1.54) is 12.1 Å². The Hall–Kier alpha value is -3.56. The number of halogens is 3. The summed E-state index contributed by atoms with van der Waals surface area (Å²) in [5.74, 6) is 0.993. The van der Waals surface area contributed by atoms with Crippen molar-refractivity contribution in [1.29, 1.82) is 0 Å². The molecule has 206 valence electrons. The van der Waals surface area contributed by atoms with Crippen LogP contribution in [0.15, 0.2) is 66.7 Å². The standard InChI is InChI=1S/C30H31F3N2O4/c31-30(32,33)24-10-7-22(8-11-24)21-5-3-20(4-6-21)17-28(36)34-25(19-35-13-1-2-14-35)29(37)23-9-12-26-27(18-23)39-16-15-38-26/h3-12,18,25,29,37H,1-2,13-17,19H2,(H,34,36). The average molecular weight is 541 g/mol. The zero-order valence-electron chi connectivity index (χ0n) is 21.4. The molecule has 3 aromatic carbocycles. The second kappa shape index (κ2) is 11.7. The highest BCUT2D eigenvalue weighted by molar-refractivity contribution is 5.79. The molecular formula is C30H31F3N2O4. The zero-order valence-corrected chi connectivity index (χ0v) is 21.4. The Morgan fingerprint density at radius 3 is 2.15 bits per heavy atom. The van der Waals surface area contributed by atoms with E-state index >= 15 is 0 Å². The van der Waals surface area contributed by atoms with Gasteiger partial charge >= 0.3 is 6.18 Å². The van der Waals surface area contributed by atoms with Crippen LogP contribution in [-0.4, -0.2) is 54.8 Å². The molecule has 3 aromatic rings. The second-order valence-electron chi connectivity index (χ2n) is 9.98. The largest absolute Gasteiger partial charge is 0.486 e. The Morgan fingerprint density at radius 2 is 1.51 bits per heavy atom. The number of hydrogen-bond donors (Lipinski definition) is 2. The van der Waals surface area contributed by atoms with E-state index in [-0.39, 0.29) is 12.3 Å². The van der Waals surface area contributed by atoms with Crippen molar-refractivity contribution in [2.24, 2.45) is 0 Å². The highest BCUT2D eigenvalue weighted by Gasteiger charge is 2.30. The maximum Gasteiger partial charge on any atom is 0.416 e. The summed E-state index contributed by atoms with van der Waals surface area (Å²) in [4.78, 5) is 15.3. The maximum atomic E-state index is 13.1. The van der Waals surface area contributed by atoms with E-state index in [4.69, 9.17) is 9.47 Å². The third-order valence-corrected chi connectivity index (χ3v) is 7.15. The molecule has 2 N–H and O–H groups in total. The van der Waals surface area contributed by atoms with Crippen molar-refractivity contribution in [3.63, 3.8) is 0 Å². The molecule has 9 heteroatoms. The van der Waals surface area contributed by atoms with Crippen molar-refractivity contribution in [3.05, 3.63) is 83.4 Å². The van der Waals surface area contributed by atoms with Gasteiger partial charge in [0.25, 0.3) is 0 Å². The van der Waals surface area contributed by atoms with Gasteiger partial charge in [-0.25, -0.2) is 0 Å².